The quantitative estimate of drug-likeness (QED) is 0.801. The second kappa shape index (κ2) is 5.48. The first kappa shape index (κ1) is 11.7. The fraction of sp³-hybridized carbons (Fsp3) is 0.571. The Kier molecular flexibility index (Phi) is 3.55. The first-order valence-electron chi connectivity index (χ1n) is 6.77. The maximum atomic E-state index is 5.31. The van der Waals surface area contributed by atoms with Crippen molar-refractivity contribution in [2.45, 2.75) is 25.7 Å². The van der Waals surface area contributed by atoms with Gasteiger partial charge in [0.15, 0.2) is 0 Å². The van der Waals surface area contributed by atoms with Crippen LogP contribution in [0.3, 0.4) is 0 Å². The first-order valence-corrected chi connectivity index (χ1v) is 6.77. The van der Waals surface area contributed by atoms with Crippen LogP contribution in [0.5, 0.6) is 0 Å². The number of ether oxygens (including phenoxy) is 1. The minimum Gasteiger partial charge on any atom is -0.377 e. The van der Waals surface area contributed by atoms with Gasteiger partial charge >= 0.3 is 0 Å². The molecule has 1 aromatic rings. The van der Waals surface area contributed by atoms with Crippen molar-refractivity contribution in [1.29, 1.82) is 0 Å². The Labute approximate surface area is 108 Å². The number of piperidine rings is 1. The summed E-state index contributed by atoms with van der Waals surface area (Å²) in [5.41, 5.74) is 2.45. The van der Waals surface area contributed by atoms with E-state index >= 15 is 0 Å². The van der Waals surface area contributed by atoms with E-state index in [4.69, 9.17) is 4.74 Å². The van der Waals surface area contributed by atoms with E-state index in [1.54, 1.807) is 0 Å². The Hall–Kier alpha value is -1.42. The van der Waals surface area contributed by atoms with Gasteiger partial charge in [-0.1, -0.05) is 6.08 Å². The first-order chi connectivity index (χ1) is 8.93. The molecule has 0 aromatic carbocycles. The molecular formula is C14H19N3O. The summed E-state index contributed by atoms with van der Waals surface area (Å²) in [6.45, 7) is 3.70. The number of aromatic nitrogens is 2. The van der Waals surface area contributed by atoms with E-state index in [1.807, 2.05) is 12.4 Å². The highest BCUT2D eigenvalue weighted by Gasteiger charge is 2.14. The molecule has 0 saturated carbocycles. The molecule has 0 spiro atoms. The summed E-state index contributed by atoms with van der Waals surface area (Å²) in [5, 5.41) is 0. The maximum Gasteiger partial charge on any atom is 0.225 e. The van der Waals surface area contributed by atoms with Gasteiger partial charge in [-0.25, -0.2) is 9.97 Å². The normalized spacial score (nSPS) is 20.7. The van der Waals surface area contributed by atoms with Gasteiger partial charge in [0.2, 0.25) is 5.95 Å². The molecule has 18 heavy (non-hydrogen) atoms. The van der Waals surface area contributed by atoms with Crippen LogP contribution in [0.4, 0.5) is 5.95 Å². The SMILES string of the molecule is C1=C(c2cnc(N3CCCCC3)nc2)CCOC1. The number of hydrogen-bond donors (Lipinski definition) is 0. The van der Waals surface area contributed by atoms with Crippen molar-refractivity contribution in [1.82, 2.24) is 9.97 Å². The van der Waals surface area contributed by atoms with E-state index < -0.39 is 0 Å². The number of anilines is 1. The molecule has 0 radical (unpaired) electrons. The minimum atomic E-state index is 0.712. The smallest absolute Gasteiger partial charge is 0.225 e. The van der Waals surface area contributed by atoms with Crippen molar-refractivity contribution in [2.75, 3.05) is 31.2 Å². The Bertz CT molecular complexity index is 421. The van der Waals surface area contributed by atoms with Crippen molar-refractivity contribution in [3.05, 3.63) is 24.0 Å². The van der Waals surface area contributed by atoms with Crippen LogP contribution >= 0.6 is 0 Å². The van der Waals surface area contributed by atoms with Crippen molar-refractivity contribution in [3.8, 4) is 0 Å². The zero-order valence-electron chi connectivity index (χ0n) is 10.6. The van der Waals surface area contributed by atoms with Crippen LogP contribution in [-0.2, 0) is 4.74 Å². The summed E-state index contributed by atoms with van der Waals surface area (Å²) in [6, 6.07) is 0. The molecule has 0 bridgehead atoms. The fourth-order valence-electron chi connectivity index (χ4n) is 2.53. The summed E-state index contributed by atoms with van der Waals surface area (Å²) in [7, 11) is 0. The second-order valence-corrected chi connectivity index (χ2v) is 4.87. The predicted molar refractivity (Wildman–Crippen MR) is 71.5 cm³/mol. The fourth-order valence-corrected chi connectivity index (χ4v) is 2.53. The van der Waals surface area contributed by atoms with Gasteiger partial charge in [-0.15, -0.1) is 0 Å². The number of rotatable bonds is 2. The highest BCUT2D eigenvalue weighted by atomic mass is 16.5. The summed E-state index contributed by atoms with van der Waals surface area (Å²) in [4.78, 5) is 11.3. The minimum absolute atomic E-state index is 0.712. The molecule has 2 aliphatic rings. The van der Waals surface area contributed by atoms with Gasteiger partial charge in [0.05, 0.1) is 13.2 Å². The van der Waals surface area contributed by atoms with E-state index in [9.17, 15) is 0 Å². The van der Waals surface area contributed by atoms with E-state index in [0.29, 0.717) is 6.61 Å². The van der Waals surface area contributed by atoms with Crippen LogP contribution in [-0.4, -0.2) is 36.3 Å². The van der Waals surface area contributed by atoms with E-state index in [1.165, 1.54) is 24.8 Å². The molecular weight excluding hydrogens is 226 g/mol. The van der Waals surface area contributed by atoms with Crippen molar-refractivity contribution in [2.24, 2.45) is 0 Å². The molecule has 3 heterocycles. The van der Waals surface area contributed by atoms with Crippen LogP contribution in [0.2, 0.25) is 0 Å². The van der Waals surface area contributed by atoms with Gasteiger partial charge in [0.1, 0.15) is 0 Å². The van der Waals surface area contributed by atoms with Crippen LogP contribution in [0.1, 0.15) is 31.2 Å². The second-order valence-electron chi connectivity index (χ2n) is 4.87. The Morgan fingerprint density at radius 2 is 1.83 bits per heavy atom. The van der Waals surface area contributed by atoms with Crippen LogP contribution in [0.25, 0.3) is 5.57 Å². The lowest BCUT2D eigenvalue weighted by molar-refractivity contribution is 0.161. The zero-order chi connectivity index (χ0) is 12.2. The van der Waals surface area contributed by atoms with Crippen LogP contribution < -0.4 is 4.90 Å². The molecule has 0 aliphatic carbocycles. The average Bonchev–Trinajstić information content (AvgIpc) is 2.49. The summed E-state index contributed by atoms with van der Waals surface area (Å²) in [5.74, 6) is 0.881. The number of nitrogens with zero attached hydrogens (tertiary/aromatic N) is 3. The Balaban J connectivity index is 1.73. The van der Waals surface area contributed by atoms with Gasteiger partial charge in [-0.3, -0.25) is 0 Å². The van der Waals surface area contributed by atoms with Gasteiger partial charge in [-0.05, 0) is 31.3 Å². The Morgan fingerprint density at radius 1 is 1.06 bits per heavy atom. The molecule has 0 atom stereocenters. The third-order valence-corrected chi connectivity index (χ3v) is 3.61. The standard InChI is InChI=1S/C14H19N3O/c1-2-6-17(7-3-1)14-15-10-13(11-16-14)12-4-8-18-9-5-12/h4,10-11H,1-3,5-9H2. The van der Waals surface area contributed by atoms with Crippen molar-refractivity contribution >= 4 is 11.5 Å². The van der Waals surface area contributed by atoms with Crippen molar-refractivity contribution in [3.63, 3.8) is 0 Å². The monoisotopic (exact) mass is 245 g/mol. The predicted octanol–water partition coefficient (Wildman–Crippen LogP) is 2.27. The van der Waals surface area contributed by atoms with E-state index in [2.05, 4.69) is 20.9 Å². The van der Waals surface area contributed by atoms with Crippen LogP contribution in [0.15, 0.2) is 18.5 Å². The lowest BCUT2D eigenvalue weighted by Crippen LogP contribution is -2.30. The molecule has 0 N–H and O–H groups in total. The highest BCUT2D eigenvalue weighted by Crippen LogP contribution is 2.21. The molecule has 2 aliphatic heterocycles. The zero-order valence-corrected chi connectivity index (χ0v) is 10.6. The molecule has 3 rings (SSSR count). The number of hydrogen-bond acceptors (Lipinski definition) is 4. The van der Waals surface area contributed by atoms with Gasteiger partial charge in [0.25, 0.3) is 0 Å². The summed E-state index contributed by atoms with van der Waals surface area (Å²) in [6.07, 6.45) is 10.8. The molecule has 4 heteroatoms. The Morgan fingerprint density at radius 3 is 2.50 bits per heavy atom. The lowest BCUT2D eigenvalue weighted by atomic mass is 10.1. The topological polar surface area (TPSA) is 38.2 Å². The van der Waals surface area contributed by atoms with Crippen molar-refractivity contribution < 1.29 is 4.74 Å². The van der Waals surface area contributed by atoms with Crippen LogP contribution in [0, 0.1) is 0 Å². The van der Waals surface area contributed by atoms with Gasteiger partial charge in [0, 0.05) is 31.0 Å². The summed E-state index contributed by atoms with van der Waals surface area (Å²) >= 11 is 0. The van der Waals surface area contributed by atoms with E-state index in [-0.39, 0.29) is 0 Å². The third-order valence-electron chi connectivity index (χ3n) is 3.61. The lowest BCUT2D eigenvalue weighted by Gasteiger charge is -2.26. The molecule has 1 aromatic heterocycles. The highest BCUT2D eigenvalue weighted by molar-refractivity contribution is 5.65. The molecule has 0 amide bonds. The van der Waals surface area contributed by atoms with E-state index in [0.717, 1.165) is 37.6 Å². The molecule has 0 unspecified atom stereocenters. The molecule has 1 fully saturated rings. The van der Waals surface area contributed by atoms with Gasteiger partial charge < -0.3 is 9.64 Å². The molecule has 1 saturated heterocycles. The average molecular weight is 245 g/mol. The van der Waals surface area contributed by atoms with Gasteiger partial charge in [-0.2, -0.15) is 0 Å². The largest absolute Gasteiger partial charge is 0.377 e. The summed E-state index contributed by atoms with van der Waals surface area (Å²) < 4.78 is 5.31. The third kappa shape index (κ3) is 2.53. The molecule has 96 valence electrons. The maximum absolute atomic E-state index is 5.31. The molecule has 4 nitrogen and oxygen atoms in total.